The maximum absolute atomic E-state index is 12.4. The molecule has 0 atom stereocenters. The summed E-state index contributed by atoms with van der Waals surface area (Å²) in [6.07, 6.45) is 0. The van der Waals surface area contributed by atoms with Gasteiger partial charge in [0.05, 0.1) is 24.3 Å². The van der Waals surface area contributed by atoms with Crippen LogP contribution in [0.2, 0.25) is 0 Å². The molecule has 168 valence electrons. The van der Waals surface area contributed by atoms with Crippen molar-refractivity contribution in [3.05, 3.63) is 54.4 Å². The molecule has 0 saturated carbocycles. The van der Waals surface area contributed by atoms with E-state index in [4.69, 9.17) is 21.1 Å². The minimum atomic E-state index is -0.430. The molecule has 0 aliphatic rings. The van der Waals surface area contributed by atoms with Gasteiger partial charge < -0.3 is 26.4 Å². The highest BCUT2D eigenvalue weighted by atomic mass is 32.2. The molecule has 0 saturated heterocycles. The lowest BCUT2D eigenvalue weighted by molar-refractivity contribution is -0.115. The van der Waals surface area contributed by atoms with Crippen LogP contribution in [0.5, 0.6) is 11.5 Å². The first-order valence-corrected chi connectivity index (χ1v) is 11.3. The number of anilines is 1. The SMILES string of the molecule is COc1cccc(OCc2nnc(SCC(=O)Nc3ccccc3SCC(N)=O)n2N)c1. The Kier molecular flexibility index (Phi) is 8.22. The number of aromatic nitrogens is 3. The number of hydrogen-bond donors (Lipinski definition) is 3. The molecule has 1 heterocycles. The molecule has 2 aromatic carbocycles. The van der Waals surface area contributed by atoms with Gasteiger partial charge in [0.1, 0.15) is 18.1 Å². The lowest BCUT2D eigenvalue weighted by Crippen LogP contribution is -2.18. The number of nitrogens with one attached hydrogen (secondary N) is 1. The number of amides is 2. The molecular weight excluding hydrogens is 452 g/mol. The molecule has 0 aliphatic carbocycles. The van der Waals surface area contributed by atoms with Crippen LogP contribution in [0.1, 0.15) is 5.82 Å². The predicted octanol–water partition coefficient (Wildman–Crippen LogP) is 1.89. The molecule has 0 fully saturated rings. The van der Waals surface area contributed by atoms with Crippen molar-refractivity contribution in [1.29, 1.82) is 0 Å². The summed E-state index contributed by atoms with van der Waals surface area (Å²) in [5, 5.41) is 11.2. The van der Waals surface area contributed by atoms with Gasteiger partial charge in [0.2, 0.25) is 17.0 Å². The van der Waals surface area contributed by atoms with E-state index in [2.05, 4.69) is 15.5 Å². The first kappa shape index (κ1) is 23.3. The third kappa shape index (κ3) is 6.56. The van der Waals surface area contributed by atoms with Gasteiger partial charge in [0, 0.05) is 11.0 Å². The Morgan fingerprint density at radius 1 is 1.06 bits per heavy atom. The van der Waals surface area contributed by atoms with Crippen LogP contribution in [0.4, 0.5) is 5.69 Å². The molecule has 5 N–H and O–H groups in total. The Labute approximate surface area is 193 Å². The average molecular weight is 475 g/mol. The number of primary amides is 1. The molecule has 0 bridgehead atoms. The van der Waals surface area contributed by atoms with Crippen LogP contribution in [0.25, 0.3) is 0 Å². The first-order chi connectivity index (χ1) is 15.5. The largest absolute Gasteiger partial charge is 0.497 e. The number of carbonyl (C=O) groups excluding carboxylic acids is 2. The molecule has 0 unspecified atom stereocenters. The van der Waals surface area contributed by atoms with Gasteiger partial charge in [-0.1, -0.05) is 30.0 Å². The van der Waals surface area contributed by atoms with E-state index in [0.717, 1.165) is 16.7 Å². The van der Waals surface area contributed by atoms with Crippen LogP contribution in [-0.4, -0.2) is 45.3 Å². The summed E-state index contributed by atoms with van der Waals surface area (Å²) in [4.78, 5) is 24.2. The summed E-state index contributed by atoms with van der Waals surface area (Å²) in [5.41, 5.74) is 5.80. The topological polar surface area (TPSA) is 147 Å². The molecule has 0 spiro atoms. The number of thioether (sulfide) groups is 2. The molecule has 2 amide bonds. The second kappa shape index (κ2) is 11.3. The average Bonchev–Trinajstić information content (AvgIpc) is 3.15. The quantitative estimate of drug-likeness (QED) is 0.280. The number of nitrogens with two attached hydrogens (primary N) is 2. The molecule has 3 aromatic rings. The summed E-state index contributed by atoms with van der Waals surface area (Å²) in [6.45, 7) is 0.105. The van der Waals surface area contributed by atoms with Crippen molar-refractivity contribution >= 4 is 41.0 Å². The van der Waals surface area contributed by atoms with Crippen LogP contribution >= 0.6 is 23.5 Å². The van der Waals surface area contributed by atoms with E-state index in [1.54, 1.807) is 31.4 Å². The summed E-state index contributed by atoms with van der Waals surface area (Å²) in [5.74, 6) is 7.24. The third-order valence-corrected chi connectivity index (χ3v) is 6.05. The molecule has 1 aromatic heterocycles. The number of methoxy groups -OCH3 is 1. The Balaban J connectivity index is 1.53. The Hall–Kier alpha value is -3.38. The summed E-state index contributed by atoms with van der Waals surface area (Å²) in [7, 11) is 1.58. The van der Waals surface area contributed by atoms with E-state index in [1.165, 1.54) is 16.4 Å². The van der Waals surface area contributed by atoms with Crippen molar-refractivity contribution in [2.75, 3.05) is 29.8 Å². The van der Waals surface area contributed by atoms with Crippen molar-refractivity contribution in [2.45, 2.75) is 16.7 Å². The molecule has 32 heavy (non-hydrogen) atoms. The zero-order valence-corrected chi connectivity index (χ0v) is 18.8. The van der Waals surface area contributed by atoms with Gasteiger partial charge in [-0.2, -0.15) is 0 Å². The number of carbonyl (C=O) groups is 2. The molecule has 0 aliphatic heterocycles. The minimum Gasteiger partial charge on any atom is -0.497 e. The molecule has 12 heteroatoms. The highest BCUT2D eigenvalue weighted by Gasteiger charge is 2.14. The molecule has 10 nitrogen and oxygen atoms in total. The van der Waals surface area contributed by atoms with E-state index < -0.39 is 5.91 Å². The van der Waals surface area contributed by atoms with Crippen LogP contribution < -0.4 is 26.4 Å². The third-order valence-electron chi connectivity index (χ3n) is 4.01. The number of benzene rings is 2. The van der Waals surface area contributed by atoms with E-state index in [1.807, 2.05) is 24.3 Å². The molecular formula is C20H22N6O4S2. The number of hydrogen-bond acceptors (Lipinski definition) is 9. The van der Waals surface area contributed by atoms with Crippen LogP contribution in [0, 0.1) is 0 Å². The van der Waals surface area contributed by atoms with E-state index >= 15 is 0 Å². The van der Waals surface area contributed by atoms with Crippen LogP contribution in [0.15, 0.2) is 58.6 Å². The molecule has 3 rings (SSSR count). The van der Waals surface area contributed by atoms with E-state index in [9.17, 15) is 9.59 Å². The number of rotatable bonds is 11. The minimum absolute atomic E-state index is 0.0703. The monoisotopic (exact) mass is 474 g/mol. The Morgan fingerprint density at radius 3 is 2.62 bits per heavy atom. The second-order valence-corrected chi connectivity index (χ2v) is 8.28. The van der Waals surface area contributed by atoms with E-state index in [-0.39, 0.29) is 24.0 Å². The molecule has 0 radical (unpaired) electrons. The smallest absolute Gasteiger partial charge is 0.234 e. The zero-order valence-electron chi connectivity index (χ0n) is 17.2. The Bertz CT molecular complexity index is 1090. The van der Waals surface area contributed by atoms with E-state index in [0.29, 0.717) is 28.2 Å². The second-order valence-electron chi connectivity index (χ2n) is 6.32. The summed E-state index contributed by atoms with van der Waals surface area (Å²) >= 11 is 2.40. The van der Waals surface area contributed by atoms with Gasteiger partial charge in [-0.05, 0) is 24.3 Å². The van der Waals surface area contributed by atoms with Crippen molar-refractivity contribution < 1.29 is 19.1 Å². The van der Waals surface area contributed by atoms with Gasteiger partial charge in [0.15, 0.2) is 5.82 Å². The van der Waals surface area contributed by atoms with Gasteiger partial charge >= 0.3 is 0 Å². The maximum Gasteiger partial charge on any atom is 0.234 e. The number of nitrogens with zero attached hydrogens (tertiary/aromatic N) is 3. The lowest BCUT2D eigenvalue weighted by Gasteiger charge is -2.10. The zero-order chi connectivity index (χ0) is 22.9. The number of para-hydroxylation sites is 1. The maximum atomic E-state index is 12.4. The van der Waals surface area contributed by atoms with Gasteiger partial charge in [-0.15, -0.1) is 22.0 Å². The normalized spacial score (nSPS) is 10.5. The standard InChI is InChI=1S/C20H22N6O4S2/c1-29-13-5-4-6-14(9-13)30-10-18-24-25-20(26(18)22)32-12-19(28)23-15-7-2-3-8-16(15)31-11-17(21)27/h2-9H,10-12,22H2,1H3,(H2,21,27)(H,23,28). The number of ether oxygens (including phenoxy) is 2. The predicted molar refractivity (Wildman–Crippen MR) is 123 cm³/mol. The van der Waals surface area contributed by atoms with Crippen LogP contribution in [0.3, 0.4) is 0 Å². The van der Waals surface area contributed by atoms with Crippen molar-refractivity contribution in [2.24, 2.45) is 5.73 Å². The fraction of sp³-hybridized carbons (Fsp3) is 0.200. The van der Waals surface area contributed by atoms with Crippen LogP contribution in [-0.2, 0) is 16.2 Å². The highest BCUT2D eigenvalue weighted by molar-refractivity contribution is 8.00. The van der Waals surface area contributed by atoms with Crippen molar-refractivity contribution in [1.82, 2.24) is 14.9 Å². The van der Waals surface area contributed by atoms with Gasteiger partial charge in [-0.3, -0.25) is 9.59 Å². The Morgan fingerprint density at radius 2 is 1.84 bits per heavy atom. The summed E-state index contributed by atoms with van der Waals surface area (Å²) in [6, 6.07) is 14.3. The van der Waals surface area contributed by atoms with Gasteiger partial charge in [-0.25, -0.2) is 4.68 Å². The number of nitrogen functional groups attached to an aromatic ring is 1. The van der Waals surface area contributed by atoms with Crippen molar-refractivity contribution in [3.8, 4) is 11.5 Å². The lowest BCUT2D eigenvalue weighted by atomic mass is 10.3. The fourth-order valence-electron chi connectivity index (χ4n) is 2.50. The fourth-order valence-corrected chi connectivity index (χ4v) is 3.93. The first-order valence-electron chi connectivity index (χ1n) is 9.35. The van der Waals surface area contributed by atoms with Gasteiger partial charge in [0.25, 0.3) is 0 Å². The highest BCUT2D eigenvalue weighted by Crippen LogP contribution is 2.27. The summed E-state index contributed by atoms with van der Waals surface area (Å²) < 4.78 is 12.1. The van der Waals surface area contributed by atoms with Crippen molar-refractivity contribution in [3.63, 3.8) is 0 Å².